The van der Waals surface area contributed by atoms with Gasteiger partial charge in [0.1, 0.15) is 0 Å². The monoisotopic (exact) mass is 296 g/mol. The fourth-order valence-corrected chi connectivity index (χ4v) is 2.17. The second-order valence-corrected chi connectivity index (χ2v) is 4.69. The number of hydrogen-bond donors (Lipinski definition) is 2. The Hall–Kier alpha value is -3.22. The van der Waals surface area contributed by atoms with Gasteiger partial charge in [-0.1, -0.05) is 17.2 Å². The molecule has 2 aromatic carbocycles. The first-order valence-corrected chi connectivity index (χ1v) is 6.65. The molecule has 4 rings (SSSR count). The van der Waals surface area contributed by atoms with E-state index in [4.69, 9.17) is 19.6 Å². The van der Waals surface area contributed by atoms with Crippen LogP contribution in [0.2, 0.25) is 0 Å². The van der Waals surface area contributed by atoms with Crippen LogP contribution in [0.25, 0.3) is 11.5 Å². The Bertz CT molecular complexity index is 831. The highest BCUT2D eigenvalue weighted by Crippen LogP contribution is 2.35. The summed E-state index contributed by atoms with van der Waals surface area (Å²) in [5.41, 5.74) is 7.95. The molecule has 0 amide bonds. The van der Waals surface area contributed by atoms with E-state index in [2.05, 4.69) is 15.5 Å². The SMILES string of the molecule is Nc1ccccc1-c1nnc(Nc2ccc3c(c2)OCO3)o1. The maximum atomic E-state index is 5.90. The zero-order chi connectivity index (χ0) is 14.9. The van der Waals surface area contributed by atoms with E-state index in [0.29, 0.717) is 28.6 Å². The minimum absolute atomic E-state index is 0.233. The molecule has 0 saturated carbocycles. The summed E-state index contributed by atoms with van der Waals surface area (Å²) in [5, 5.41) is 11.0. The van der Waals surface area contributed by atoms with Crippen LogP contribution in [0.5, 0.6) is 11.5 Å². The first-order chi connectivity index (χ1) is 10.8. The van der Waals surface area contributed by atoms with Gasteiger partial charge in [-0.25, -0.2) is 0 Å². The molecule has 3 N–H and O–H groups in total. The van der Waals surface area contributed by atoms with Crippen molar-refractivity contribution < 1.29 is 13.9 Å². The van der Waals surface area contributed by atoms with Crippen molar-refractivity contribution in [3.8, 4) is 23.0 Å². The first kappa shape index (κ1) is 12.5. The van der Waals surface area contributed by atoms with E-state index in [9.17, 15) is 0 Å². The molecular formula is C15H12N4O3. The summed E-state index contributed by atoms with van der Waals surface area (Å²) in [6.07, 6.45) is 0. The number of aromatic nitrogens is 2. The van der Waals surface area contributed by atoms with E-state index in [1.807, 2.05) is 36.4 Å². The van der Waals surface area contributed by atoms with Crippen molar-refractivity contribution in [1.82, 2.24) is 10.2 Å². The Morgan fingerprint density at radius 2 is 1.86 bits per heavy atom. The summed E-state index contributed by atoms with van der Waals surface area (Å²) < 4.78 is 16.2. The lowest BCUT2D eigenvalue weighted by atomic mass is 10.2. The van der Waals surface area contributed by atoms with Gasteiger partial charge >= 0.3 is 6.01 Å². The fraction of sp³-hybridized carbons (Fsp3) is 0.0667. The lowest BCUT2D eigenvalue weighted by Gasteiger charge is -2.02. The number of nitrogen functional groups attached to an aromatic ring is 1. The molecule has 1 aromatic heterocycles. The van der Waals surface area contributed by atoms with Gasteiger partial charge < -0.3 is 24.9 Å². The van der Waals surface area contributed by atoms with Crippen LogP contribution in [-0.4, -0.2) is 17.0 Å². The summed E-state index contributed by atoms with van der Waals surface area (Å²) >= 11 is 0. The number of nitrogens with zero attached hydrogens (tertiary/aromatic N) is 2. The molecule has 22 heavy (non-hydrogen) atoms. The average Bonchev–Trinajstić information content (AvgIpc) is 3.16. The largest absolute Gasteiger partial charge is 0.454 e. The topological polar surface area (TPSA) is 95.4 Å². The maximum absolute atomic E-state index is 5.90. The van der Waals surface area contributed by atoms with Gasteiger partial charge in [-0.05, 0) is 24.3 Å². The quantitative estimate of drug-likeness (QED) is 0.717. The van der Waals surface area contributed by atoms with Crippen LogP contribution in [0.15, 0.2) is 46.9 Å². The minimum atomic E-state index is 0.233. The van der Waals surface area contributed by atoms with Gasteiger partial charge in [-0.15, -0.1) is 5.10 Å². The number of nitrogens with one attached hydrogen (secondary N) is 1. The molecular weight excluding hydrogens is 284 g/mol. The van der Waals surface area contributed by atoms with E-state index in [-0.39, 0.29) is 12.8 Å². The number of ether oxygens (including phenoxy) is 2. The molecule has 0 atom stereocenters. The number of anilines is 3. The lowest BCUT2D eigenvalue weighted by Crippen LogP contribution is -1.93. The lowest BCUT2D eigenvalue weighted by molar-refractivity contribution is 0.174. The van der Waals surface area contributed by atoms with Crippen LogP contribution < -0.4 is 20.5 Å². The van der Waals surface area contributed by atoms with Crippen molar-refractivity contribution >= 4 is 17.4 Å². The van der Waals surface area contributed by atoms with Crippen LogP contribution in [0.1, 0.15) is 0 Å². The highest BCUT2D eigenvalue weighted by atomic mass is 16.7. The fourth-order valence-electron chi connectivity index (χ4n) is 2.17. The van der Waals surface area contributed by atoms with Crippen LogP contribution >= 0.6 is 0 Å². The molecule has 0 fully saturated rings. The summed E-state index contributed by atoms with van der Waals surface area (Å²) in [7, 11) is 0. The molecule has 110 valence electrons. The molecule has 3 aromatic rings. The molecule has 1 aliphatic rings. The summed E-state index contributed by atoms with van der Waals surface area (Å²) in [4.78, 5) is 0. The molecule has 0 radical (unpaired) electrons. The molecule has 2 heterocycles. The number of para-hydroxylation sites is 1. The molecule has 7 nitrogen and oxygen atoms in total. The highest BCUT2D eigenvalue weighted by Gasteiger charge is 2.15. The molecule has 0 saturated heterocycles. The molecule has 0 unspecified atom stereocenters. The number of fused-ring (bicyclic) bond motifs is 1. The summed E-state index contributed by atoms with van der Waals surface area (Å²) in [5.74, 6) is 1.76. The Morgan fingerprint density at radius 3 is 2.77 bits per heavy atom. The third-order valence-corrected chi connectivity index (χ3v) is 3.24. The van der Waals surface area contributed by atoms with Crippen molar-refractivity contribution in [3.05, 3.63) is 42.5 Å². The average molecular weight is 296 g/mol. The van der Waals surface area contributed by atoms with Gasteiger partial charge in [0.15, 0.2) is 11.5 Å². The third-order valence-electron chi connectivity index (χ3n) is 3.24. The van der Waals surface area contributed by atoms with Gasteiger partial charge in [0.25, 0.3) is 5.89 Å². The maximum Gasteiger partial charge on any atom is 0.320 e. The number of nitrogens with two attached hydrogens (primary N) is 1. The zero-order valence-electron chi connectivity index (χ0n) is 11.4. The molecule has 0 aliphatic carbocycles. The first-order valence-electron chi connectivity index (χ1n) is 6.65. The standard InChI is InChI=1S/C15H12N4O3/c16-11-4-2-1-3-10(11)14-18-19-15(22-14)17-9-5-6-12-13(7-9)21-8-20-12/h1-7H,8,16H2,(H,17,19). The Kier molecular flexibility index (Phi) is 2.82. The summed E-state index contributed by atoms with van der Waals surface area (Å²) in [6.45, 7) is 0.233. The molecule has 0 bridgehead atoms. The van der Waals surface area contributed by atoms with E-state index < -0.39 is 0 Å². The Labute approximate surface area is 125 Å². The van der Waals surface area contributed by atoms with E-state index in [0.717, 1.165) is 5.69 Å². The van der Waals surface area contributed by atoms with Crippen molar-refractivity contribution in [2.75, 3.05) is 17.8 Å². The number of rotatable bonds is 3. The van der Waals surface area contributed by atoms with Crippen LogP contribution in [0.4, 0.5) is 17.4 Å². The number of benzene rings is 2. The Balaban J connectivity index is 1.59. The Morgan fingerprint density at radius 1 is 1.00 bits per heavy atom. The number of hydrogen-bond acceptors (Lipinski definition) is 7. The molecule has 7 heteroatoms. The minimum Gasteiger partial charge on any atom is -0.454 e. The van der Waals surface area contributed by atoms with E-state index >= 15 is 0 Å². The second-order valence-electron chi connectivity index (χ2n) is 4.69. The highest BCUT2D eigenvalue weighted by molar-refractivity contribution is 5.70. The van der Waals surface area contributed by atoms with Crippen LogP contribution in [0.3, 0.4) is 0 Å². The van der Waals surface area contributed by atoms with Gasteiger partial charge in [-0.3, -0.25) is 0 Å². The van der Waals surface area contributed by atoms with Crippen LogP contribution in [-0.2, 0) is 0 Å². The van der Waals surface area contributed by atoms with Crippen molar-refractivity contribution in [3.63, 3.8) is 0 Å². The molecule has 1 aliphatic heterocycles. The van der Waals surface area contributed by atoms with Gasteiger partial charge in [0.2, 0.25) is 6.79 Å². The summed E-state index contributed by atoms with van der Waals surface area (Å²) in [6, 6.07) is 13.1. The second kappa shape index (κ2) is 4.96. The predicted molar refractivity (Wildman–Crippen MR) is 80.0 cm³/mol. The van der Waals surface area contributed by atoms with Gasteiger partial charge in [0, 0.05) is 17.4 Å². The van der Waals surface area contributed by atoms with E-state index in [1.165, 1.54) is 0 Å². The van der Waals surface area contributed by atoms with Crippen molar-refractivity contribution in [1.29, 1.82) is 0 Å². The van der Waals surface area contributed by atoms with Gasteiger partial charge in [0.05, 0.1) is 5.56 Å². The van der Waals surface area contributed by atoms with Crippen molar-refractivity contribution in [2.24, 2.45) is 0 Å². The normalized spacial score (nSPS) is 12.4. The molecule has 0 spiro atoms. The smallest absolute Gasteiger partial charge is 0.320 e. The van der Waals surface area contributed by atoms with Crippen LogP contribution in [0, 0.1) is 0 Å². The third kappa shape index (κ3) is 2.18. The zero-order valence-corrected chi connectivity index (χ0v) is 11.4. The predicted octanol–water partition coefficient (Wildman–Crippen LogP) is 2.79. The van der Waals surface area contributed by atoms with E-state index in [1.54, 1.807) is 6.07 Å². The van der Waals surface area contributed by atoms with Gasteiger partial charge in [-0.2, -0.15) is 0 Å². The van der Waals surface area contributed by atoms with Crippen molar-refractivity contribution in [2.45, 2.75) is 0 Å².